The van der Waals surface area contributed by atoms with Gasteiger partial charge in [0.25, 0.3) is 0 Å². The van der Waals surface area contributed by atoms with Gasteiger partial charge in [-0.25, -0.2) is 4.98 Å². The number of benzene rings is 4. The highest BCUT2D eigenvalue weighted by atomic mass is 16.3. The fraction of sp³-hybridized carbons (Fsp3) is 0. The summed E-state index contributed by atoms with van der Waals surface area (Å²) in [6.45, 7) is 0. The van der Waals surface area contributed by atoms with Crippen molar-refractivity contribution in [1.29, 1.82) is 0 Å². The molecule has 0 fully saturated rings. The molecule has 5 aromatic rings. The van der Waals surface area contributed by atoms with Crippen molar-refractivity contribution in [3.05, 3.63) is 91.0 Å². The first-order chi connectivity index (χ1) is 12.4. The SMILES string of the molecule is c1ccc(-c2nc3cc(-c4ccccc4)c4ccccc4c3o2)cc1. The van der Waals surface area contributed by atoms with Crippen molar-refractivity contribution in [1.82, 2.24) is 4.98 Å². The fourth-order valence-electron chi connectivity index (χ4n) is 3.31. The number of rotatable bonds is 2. The van der Waals surface area contributed by atoms with Crippen LogP contribution in [0.4, 0.5) is 0 Å². The van der Waals surface area contributed by atoms with Crippen LogP contribution in [0.1, 0.15) is 0 Å². The largest absolute Gasteiger partial charge is 0.435 e. The highest BCUT2D eigenvalue weighted by Gasteiger charge is 2.14. The lowest BCUT2D eigenvalue weighted by Gasteiger charge is -2.07. The maximum absolute atomic E-state index is 6.15. The minimum Gasteiger partial charge on any atom is -0.435 e. The molecule has 1 heterocycles. The molecule has 2 heteroatoms. The molecule has 0 aliphatic heterocycles. The Morgan fingerprint density at radius 2 is 1.20 bits per heavy atom. The second kappa shape index (κ2) is 5.60. The van der Waals surface area contributed by atoms with Gasteiger partial charge < -0.3 is 4.42 Å². The van der Waals surface area contributed by atoms with E-state index >= 15 is 0 Å². The zero-order valence-electron chi connectivity index (χ0n) is 13.5. The van der Waals surface area contributed by atoms with Crippen molar-refractivity contribution >= 4 is 21.9 Å². The van der Waals surface area contributed by atoms with E-state index in [-0.39, 0.29) is 0 Å². The zero-order valence-corrected chi connectivity index (χ0v) is 13.5. The Morgan fingerprint density at radius 1 is 0.600 bits per heavy atom. The van der Waals surface area contributed by atoms with Crippen molar-refractivity contribution in [3.63, 3.8) is 0 Å². The van der Waals surface area contributed by atoms with E-state index in [1.54, 1.807) is 0 Å². The Labute approximate surface area is 145 Å². The first-order valence-electron chi connectivity index (χ1n) is 8.33. The van der Waals surface area contributed by atoms with Gasteiger partial charge in [-0.15, -0.1) is 0 Å². The van der Waals surface area contributed by atoms with E-state index in [1.807, 2.05) is 42.5 Å². The van der Waals surface area contributed by atoms with Gasteiger partial charge in [0.05, 0.1) is 0 Å². The lowest BCUT2D eigenvalue weighted by atomic mass is 9.97. The van der Waals surface area contributed by atoms with Gasteiger partial charge in [0.15, 0.2) is 5.58 Å². The Kier molecular flexibility index (Phi) is 3.14. The predicted molar refractivity (Wildman–Crippen MR) is 102 cm³/mol. The van der Waals surface area contributed by atoms with Crippen LogP contribution < -0.4 is 0 Å². The van der Waals surface area contributed by atoms with E-state index in [4.69, 9.17) is 9.40 Å². The minimum atomic E-state index is 0.658. The van der Waals surface area contributed by atoms with Crippen molar-refractivity contribution in [3.8, 4) is 22.6 Å². The van der Waals surface area contributed by atoms with Gasteiger partial charge in [0, 0.05) is 10.9 Å². The highest BCUT2D eigenvalue weighted by Crippen LogP contribution is 2.36. The Hall–Kier alpha value is -3.39. The molecule has 4 aromatic carbocycles. The molecule has 25 heavy (non-hydrogen) atoms. The first-order valence-corrected chi connectivity index (χ1v) is 8.33. The number of fused-ring (bicyclic) bond motifs is 3. The Bertz CT molecular complexity index is 1170. The minimum absolute atomic E-state index is 0.658. The molecule has 0 spiro atoms. The average Bonchev–Trinajstić information content (AvgIpc) is 3.13. The normalized spacial score (nSPS) is 11.2. The van der Waals surface area contributed by atoms with Crippen LogP contribution in [-0.2, 0) is 0 Å². The first kappa shape index (κ1) is 14.0. The summed E-state index contributed by atoms with van der Waals surface area (Å²) >= 11 is 0. The van der Waals surface area contributed by atoms with Crippen LogP contribution >= 0.6 is 0 Å². The molecule has 0 saturated heterocycles. The monoisotopic (exact) mass is 321 g/mol. The molecule has 1 aromatic heterocycles. The zero-order chi connectivity index (χ0) is 16.6. The number of aromatic nitrogens is 1. The summed E-state index contributed by atoms with van der Waals surface area (Å²) in [5.74, 6) is 0.658. The van der Waals surface area contributed by atoms with E-state index in [0.717, 1.165) is 22.0 Å². The summed E-state index contributed by atoms with van der Waals surface area (Å²) in [7, 11) is 0. The predicted octanol–water partition coefficient (Wildman–Crippen LogP) is 6.32. The topological polar surface area (TPSA) is 26.0 Å². The van der Waals surface area contributed by atoms with E-state index in [9.17, 15) is 0 Å². The third-order valence-electron chi connectivity index (χ3n) is 4.50. The summed E-state index contributed by atoms with van der Waals surface area (Å²) in [4.78, 5) is 4.75. The number of hydrogen-bond acceptors (Lipinski definition) is 2. The molecule has 0 atom stereocenters. The Balaban J connectivity index is 1.84. The second-order valence-corrected chi connectivity index (χ2v) is 6.07. The lowest BCUT2D eigenvalue weighted by molar-refractivity contribution is 0.623. The molecular weight excluding hydrogens is 306 g/mol. The van der Waals surface area contributed by atoms with Crippen LogP contribution in [0, 0.1) is 0 Å². The second-order valence-electron chi connectivity index (χ2n) is 6.07. The molecule has 118 valence electrons. The molecule has 0 aliphatic carbocycles. The summed E-state index contributed by atoms with van der Waals surface area (Å²) in [5, 5.41) is 2.27. The molecule has 0 radical (unpaired) electrons. The smallest absolute Gasteiger partial charge is 0.227 e. The molecule has 2 nitrogen and oxygen atoms in total. The fourth-order valence-corrected chi connectivity index (χ4v) is 3.31. The van der Waals surface area contributed by atoms with Gasteiger partial charge >= 0.3 is 0 Å². The molecule has 0 bridgehead atoms. The summed E-state index contributed by atoms with van der Waals surface area (Å²) in [5.41, 5.74) is 5.08. The third kappa shape index (κ3) is 2.31. The molecular formula is C23H15NO. The van der Waals surface area contributed by atoms with Crippen LogP contribution in [-0.4, -0.2) is 4.98 Å². The van der Waals surface area contributed by atoms with Crippen LogP contribution in [0.25, 0.3) is 44.5 Å². The number of oxazole rings is 1. The number of hydrogen-bond donors (Lipinski definition) is 0. The molecule has 0 N–H and O–H groups in total. The van der Waals surface area contributed by atoms with Crippen molar-refractivity contribution in [2.24, 2.45) is 0 Å². The molecule has 0 aliphatic rings. The highest BCUT2D eigenvalue weighted by molar-refractivity contribution is 6.10. The molecule has 0 amide bonds. The summed E-state index contributed by atoms with van der Waals surface area (Å²) < 4.78 is 6.15. The van der Waals surface area contributed by atoms with Gasteiger partial charge in [-0.3, -0.25) is 0 Å². The van der Waals surface area contributed by atoms with E-state index in [2.05, 4.69) is 48.5 Å². The molecule has 0 saturated carbocycles. The van der Waals surface area contributed by atoms with E-state index in [1.165, 1.54) is 16.5 Å². The standard InChI is InChI=1S/C23H15NO/c1-3-9-16(10-4-1)20-15-21-22(19-14-8-7-13-18(19)20)25-23(24-21)17-11-5-2-6-12-17/h1-15H. The van der Waals surface area contributed by atoms with Crippen LogP contribution in [0.3, 0.4) is 0 Å². The van der Waals surface area contributed by atoms with Crippen molar-refractivity contribution < 1.29 is 4.42 Å². The molecule has 5 rings (SSSR count). The van der Waals surface area contributed by atoms with Crippen molar-refractivity contribution in [2.45, 2.75) is 0 Å². The van der Waals surface area contributed by atoms with Gasteiger partial charge in [-0.05, 0) is 34.7 Å². The Morgan fingerprint density at radius 3 is 1.92 bits per heavy atom. The average molecular weight is 321 g/mol. The quantitative estimate of drug-likeness (QED) is 0.380. The third-order valence-corrected chi connectivity index (χ3v) is 4.50. The maximum Gasteiger partial charge on any atom is 0.227 e. The van der Waals surface area contributed by atoms with E-state index in [0.29, 0.717) is 5.89 Å². The van der Waals surface area contributed by atoms with Crippen LogP contribution in [0.5, 0.6) is 0 Å². The summed E-state index contributed by atoms with van der Waals surface area (Å²) in [6.07, 6.45) is 0. The molecule has 0 unspecified atom stereocenters. The summed E-state index contributed by atoms with van der Waals surface area (Å²) in [6, 6.07) is 30.9. The van der Waals surface area contributed by atoms with Gasteiger partial charge in [-0.1, -0.05) is 72.8 Å². The van der Waals surface area contributed by atoms with Crippen LogP contribution in [0.15, 0.2) is 95.4 Å². The number of nitrogens with zero attached hydrogens (tertiary/aromatic N) is 1. The van der Waals surface area contributed by atoms with Crippen LogP contribution in [0.2, 0.25) is 0 Å². The maximum atomic E-state index is 6.15. The van der Waals surface area contributed by atoms with Gasteiger partial charge in [-0.2, -0.15) is 0 Å². The van der Waals surface area contributed by atoms with Gasteiger partial charge in [0.2, 0.25) is 5.89 Å². The lowest BCUT2D eigenvalue weighted by Crippen LogP contribution is -1.82. The van der Waals surface area contributed by atoms with Crippen molar-refractivity contribution in [2.75, 3.05) is 0 Å². The van der Waals surface area contributed by atoms with Gasteiger partial charge in [0.1, 0.15) is 5.52 Å². The van der Waals surface area contributed by atoms with E-state index < -0.39 is 0 Å².